The molecule has 1 aliphatic carbocycles. The van der Waals surface area contributed by atoms with Gasteiger partial charge in [0.15, 0.2) is 0 Å². The second-order valence-corrected chi connectivity index (χ2v) is 5.50. The lowest BCUT2D eigenvalue weighted by Crippen LogP contribution is -2.33. The van der Waals surface area contributed by atoms with Crippen LogP contribution in [0.1, 0.15) is 44.2 Å². The van der Waals surface area contributed by atoms with E-state index in [9.17, 15) is 4.79 Å². The average Bonchev–Trinajstić information content (AvgIpc) is 2.37. The van der Waals surface area contributed by atoms with Crippen LogP contribution in [0.3, 0.4) is 0 Å². The number of carbonyl (C=O) groups excluding carboxylic acids is 1. The van der Waals surface area contributed by atoms with E-state index in [1.54, 1.807) is 0 Å². The summed E-state index contributed by atoms with van der Waals surface area (Å²) in [6.45, 7) is 4.96. The van der Waals surface area contributed by atoms with Gasteiger partial charge < -0.3 is 4.74 Å². The molecule has 1 fully saturated rings. The summed E-state index contributed by atoms with van der Waals surface area (Å²) in [7, 11) is 0. The zero-order chi connectivity index (χ0) is 13.7. The monoisotopic (exact) mass is 260 g/mol. The van der Waals surface area contributed by atoms with Crippen LogP contribution in [0.2, 0.25) is 0 Å². The first-order valence-electron chi connectivity index (χ1n) is 7.42. The molecule has 1 saturated carbocycles. The molecule has 0 saturated heterocycles. The average molecular weight is 260 g/mol. The number of ether oxygens (including phenoxy) is 1. The Bertz CT molecular complexity index is 402. The quantitative estimate of drug-likeness (QED) is 0.749. The van der Waals surface area contributed by atoms with Crippen molar-refractivity contribution in [2.45, 2.75) is 52.1 Å². The highest BCUT2D eigenvalue weighted by molar-refractivity contribution is 5.81. The molecule has 0 aromatic heterocycles. The highest BCUT2D eigenvalue weighted by Crippen LogP contribution is 2.33. The van der Waals surface area contributed by atoms with Gasteiger partial charge in [-0.25, -0.2) is 0 Å². The molecule has 0 bridgehead atoms. The molecule has 2 nitrogen and oxygen atoms in total. The van der Waals surface area contributed by atoms with Crippen molar-refractivity contribution in [3.63, 3.8) is 0 Å². The molecule has 0 heterocycles. The van der Waals surface area contributed by atoms with E-state index in [-0.39, 0.29) is 0 Å². The Morgan fingerprint density at radius 3 is 2.37 bits per heavy atom. The van der Waals surface area contributed by atoms with Crippen molar-refractivity contribution in [3.05, 3.63) is 35.4 Å². The van der Waals surface area contributed by atoms with E-state index >= 15 is 0 Å². The van der Waals surface area contributed by atoms with Crippen LogP contribution < -0.4 is 0 Å². The van der Waals surface area contributed by atoms with E-state index in [4.69, 9.17) is 4.74 Å². The molecule has 0 spiro atoms. The minimum Gasteiger partial charge on any atom is -0.378 e. The van der Waals surface area contributed by atoms with Gasteiger partial charge in [-0.3, -0.25) is 4.79 Å². The number of ketones is 1. The molecule has 0 radical (unpaired) electrons. The van der Waals surface area contributed by atoms with Gasteiger partial charge in [0.1, 0.15) is 5.78 Å². The normalized spacial score (nSPS) is 22.0. The number of aryl methyl sites for hydroxylation is 1. The lowest BCUT2D eigenvalue weighted by molar-refractivity contribution is -0.121. The smallest absolute Gasteiger partial charge is 0.137 e. The largest absolute Gasteiger partial charge is 0.378 e. The van der Waals surface area contributed by atoms with Crippen molar-refractivity contribution in [1.82, 2.24) is 0 Å². The summed E-state index contributed by atoms with van der Waals surface area (Å²) in [5, 5.41) is 0. The Balaban J connectivity index is 1.72. The maximum Gasteiger partial charge on any atom is 0.137 e. The van der Waals surface area contributed by atoms with Crippen LogP contribution in [-0.4, -0.2) is 18.5 Å². The van der Waals surface area contributed by atoms with E-state index in [0.717, 1.165) is 37.9 Å². The molecular weight excluding hydrogens is 236 g/mol. The van der Waals surface area contributed by atoms with Gasteiger partial charge in [-0.2, -0.15) is 0 Å². The highest BCUT2D eigenvalue weighted by Gasteiger charge is 2.30. The molecule has 19 heavy (non-hydrogen) atoms. The molecule has 0 amide bonds. The number of carbonyl (C=O) groups is 1. The highest BCUT2D eigenvalue weighted by atomic mass is 16.5. The Morgan fingerprint density at radius 1 is 1.16 bits per heavy atom. The third kappa shape index (κ3) is 4.17. The Labute approximate surface area is 116 Å². The zero-order valence-electron chi connectivity index (χ0n) is 12.0. The minimum atomic E-state index is 0.365. The number of hydrogen-bond donors (Lipinski definition) is 0. The van der Waals surface area contributed by atoms with Gasteiger partial charge in [0.2, 0.25) is 0 Å². The number of rotatable bonds is 7. The van der Waals surface area contributed by atoms with Crippen LogP contribution in [0.5, 0.6) is 0 Å². The summed E-state index contributed by atoms with van der Waals surface area (Å²) in [6, 6.07) is 8.41. The van der Waals surface area contributed by atoms with Crippen LogP contribution in [0, 0.1) is 5.92 Å². The van der Waals surface area contributed by atoms with Gasteiger partial charge >= 0.3 is 0 Å². The van der Waals surface area contributed by atoms with Gasteiger partial charge in [0.05, 0.1) is 6.10 Å². The van der Waals surface area contributed by atoms with Crippen LogP contribution >= 0.6 is 0 Å². The second kappa shape index (κ2) is 6.85. The molecule has 2 rings (SSSR count). The van der Waals surface area contributed by atoms with Gasteiger partial charge in [-0.1, -0.05) is 31.2 Å². The number of hydrogen-bond acceptors (Lipinski definition) is 2. The Hall–Kier alpha value is -1.15. The third-order valence-corrected chi connectivity index (χ3v) is 3.94. The lowest BCUT2D eigenvalue weighted by Gasteiger charge is -2.34. The third-order valence-electron chi connectivity index (χ3n) is 3.94. The predicted octanol–water partition coefficient (Wildman–Crippen LogP) is 3.57. The van der Waals surface area contributed by atoms with Crippen LogP contribution in [0.4, 0.5) is 0 Å². The van der Waals surface area contributed by atoms with E-state index in [0.29, 0.717) is 24.2 Å². The first-order chi connectivity index (χ1) is 9.21. The second-order valence-electron chi connectivity index (χ2n) is 5.50. The maximum absolute atomic E-state index is 12.0. The van der Waals surface area contributed by atoms with Crippen molar-refractivity contribution in [2.75, 3.05) is 6.61 Å². The molecule has 2 heteroatoms. The van der Waals surface area contributed by atoms with Gasteiger partial charge in [-0.15, -0.1) is 0 Å². The molecule has 1 aromatic carbocycles. The summed E-state index contributed by atoms with van der Waals surface area (Å²) in [6.07, 6.45) is 4.89. The Kier molecular flexibility index (Phi) is 5.15. The topological polar surface area (TPSA) is 26.3 Å². The fourth-order valence-corrected chi connectivity index (χ4v) is 2.73. The minimum absolute atomic E-state index is 0.365. The first kappa shape index (κ1) is 14.3. The molecule has 0 atom stereocenters. The summed E-state index contributed by atoms with van der Waals surface area (Å²) in [4.78, 5) is 12.0. The zero-order valence-corrected chi connectivity index (χ0v) is 12.0. The fourth-order valence-electron chi connectivity index (χ4n) is 2.73. The van der Waals surface area contributed by atoms with Gasteiger partial charge in [-0.05, 0) is 43.2 Å². The van der Waals surface area contributed by atoms with E-state index in [2.05, 4.69) is 31.2 Å². The van der Waals surface area contributed by atoms with Crippen molar-refractivity contribution in [2.24, 2.45) is 5.92 Å². The standard InChI is InChI=1S/C17H24O2/c1-3-13-5-7-14(8-6-13)9-16(18)10-15-11-17(12-15)19-4-2/h5-8,15,17H,3-4,9-12H2,1-2H3. The molecule has 0 aliphatic heterocycles. The van der Waals surface area contributed by atoms with Gasteiger partial charge in [0, 0.05) is 19.4 Å². The molecule has 0 N–H and O–H groups in total. The summed E-state index contributed by atoms with van der Waals surface area (Å²) >= 11 is 0. The lowest BCUT2D eigenvalue weighted by atomic mass is 9.78. The molecule has 1 aliphatic rings. The fraction of sp³-hybridized carbons (Fsp3) is 0.588. The molecule has 0 unspecified atom stereocenters. The number of Topliss-reactive ketones (excluding diaryl/α,β-unsaturated/α-hetero) is 1. The molecule has 1 aromatic rings. The SMILES string of the molecule is CCOC1CC(CC(=O)Cc2ccc(CC)cc2)C1. The van der Waals surface area contributed by atoms with Crippen molar-refractivity contribution in [1.29, 1.82) is 0 Å². The Morgan fingerprint density at radius 2 is 1.79 bits per heavy atom. The van der Waals surface area contributed by atoms with E-state index < -0.39 is 0 Å². The number of benzene rings is 1. The summed E-state index contributed by atoms with van der Waals surface area (Å²) in [5.41, 5.74) is 2.47. The summed E-state index contributed by atoms with van der Waals surface area (Å²) < 4.78 is 5.52. The molecular formula is C17H24O2. The first-order valence-corrected chi connectivity index (χ1v) is 7.42. The van der Waals surface area contributed by atoms with E-state index in [1.807, 2.05) is 6.92 Å². The van der Waals surface area contributed by atoms with E-state index in [1.165, 1.54) is 5.56 Å². The van der Waals surface area contributed by atoms with Crippen molar-refractivity contribution >= 4 is 5.78 Å². The van der Waals surface area contributed by atoms with Crippen LogP contribution in [0.15, 0.2) is 24.3 Å². The van der Waals surface area contributed by atoms with Crippen molar-refractivity contribution < 1.29 is 9.53 Å². The van der Waals surface area contributed by atoms with Crippen molar-refractivity contribution in [3.8, 4) is 0 Å². The maximum atomic E-state index is 12.0. The predicted molar refractivity (Wildman–Crippen MR) is 77.3 cm³/mol. The molecule has 104 valence electrons. The summed E-state index contributed by atoms with van der Waals surface area (Å²) in [5.74, 6) is 0.920. The van der Waals surface area contributed by atoms with Gasteiger partial charge in [0.25, 0.3) is 0 Å². The van der Waals surface area contributed by atoms with Crippen LogP contribution in [-0.2, 0) is 22.4 Å². The van der Waals surface area contributed by atoms with Crippen LogP contribution in [0.25, 0.3) is 0 Å².